The van der Waals surface area contributed by atoms with E-state index in [2.05, 4.69) is 5.32 Å². The lowest BCUT2D eigenvalue weighted by atomic mass is 10.1. The SMILES string of the molecule is O=C/C=C\C1CCCCN1. The van der Waals surface area contributed by atoms with Crippen LogP contribution in [0.5, 0.6) is 0 Å². The molecule has 1 unspecified atom stereocenters. The van der Waals surface area contributed by atoms with Crippen molar-refractivity contribution in [1.82, 2.24) is 5.32 Å². The summed E-state index contributed by atoms with van der Waals surface area (Å²) in [6.07, 6.45) is 8.06. The molecule has 0 aliphatic carbocycles. The molecule has 1 atom stereocenters. The third-order valence-electron chi connectivity index (χ3n) is 1.77. The minimum absolute atomic E-state index is 0.443. The summed E-state index contributed by atoms with van der Waals surface area (Å²) < 4.78 is 0. The first-order chi connectivity index (χ1) is 4.93. The first kappa shape index (κ1) is 7.48. The second kappa shape index (κ2) is 4.23. The van der Waals surface area contributed by atoms with Crippen LogP contribution in [0.15, 0.2) is 12.2 Å². The molecule has 1 N–H and O–H groups in total. The van der Waals surface area contributed by atoms with Gasteiger partial charge in [0.2, 0.25) is 0 Å². The van der Waals surface area contributed by atoms with E-state index in [1.807, 2.05) is 6.08 Å². The highest BCUT2D eigenvalue weighted by Crippen LogP contribution is 2.06. The number of nitrogens with one attached hydrogen (secondary N) is 1. The maximum Gasteiger partial charge on any atom is 0.142 e. The zero-order valence-corrected chi connectivity index (χ0v) is 6.05. The first-order valence-electron chi connectivity index (χ1n) is 3.79. The quantitative estimate of drug-likeness (QED) is 0.454. The maximum absolute atomic E-state index is 9.93. The van der Waals surface area contributed by atoms with Crippen molar-refractivity contribution in [3.05, 3.63) is 12.2 Å². The fraction of sp³-hybridized carbons (Fsp3) is 0.625. The number of piperidine rings is 1. The third kappa shape index (κ3) is 2.31. The van der Waals surface area contributed by atoms with Gasteiger partial charge >= 0.3 is 0 Å². The van der Waals surface area contributed by atoms with Crippen LogP contribution >= 0.6 is 0 Å². The van der Waals surface area contributed by atoms with Crippen LogP contribution in [-0.4, -0.2) is 18.9 Å². The molecule has 1 saturated heterocycles. The van der Waals surface area contributed by atoms with Gasteiger partial charge in [-0.1, -0.05) is 12.5 Å². The average Bonchev–Trinajstić information content (AvgIpc) is 2.03. The second-order valence-corrected chi connectivity index (χ2v) is 2.58. The molecule has 56 valence electrons. The third-order valence-corrected chi connectivity index (χ3v) is 1.77. The molecule has 0 saturated carbocycles. The van der Waals surface area contributed by atoms with Crippen molar-refractivity contribution in [3.8, 4) is 0 Å². The second-order valence-electron chi connectivity index (χ2n) is 2.58. The van der Waals surface area contributed by atoms with Gasteiger partial charge in [0.25, 0.3) is 0 Å². The zero-order valence-electron chi connectivity index (χ0n) is 6.05. The summed E-state index contributed by atoms with van der Waals surface area (Å²) in [5.74, 6) is 0. The maximum atomic E-state index is 9.93. The van der Waals surface area contributed by atoms with Crippen LogP contribution in [0.25, 0.3) is 0 Å². The minimum atomic E-state index is 0.443. The topological polar surface area (TPSA) is 29.1 Å². The Labute approximate surface area is 61.3 Å². The Kier molecular flexibility index (Phi) is 3.16. The minimum Gasteiger partial charge on any atom is -0.311 e. The first-order valence-corrected chi connectivity index (χ1v) is 3.79. The molecule has 0 aromatic rings. The number of carbonyl (C=O) groups is 1. The summed E-state index contributed by atoms with van der Waals surface area (Å²) >= 11 is 0. The molecule has 0 radical (unpaired) electrons. The predicted molar refractivity (Wildman–Crippen MR) is 40.8 cm³/mol. The van der Waals surface area contributed by atoms with E-state index >= 15 is 0 Å². The van der Waals surface area contributed by atoms with E-state index in [4.69, 9.17) is 0 Å². The highest BCUT2D eigenvalue weighted by atomic mass is 16.1. The Hall–Kier alpha value is -0.630. The van der Waals surface area contributed by atoms with Gasteiger partial charge in [-0.3, -0.25) is 4.79 Å². The van der Waals surface area contributed by atoms with Crippen LogP contribution in [-0.2, 0) is 4.79 Å². The Balaban J connectivity index is 2.25. The Morgan fingerprint density at radius 1 is 1.40 bits per heavy atom. The van der Waals surface area contributed by atoms with E-state index in [1.165, 1.54) is 19.3 Å². The number of hydrogen-bond acceptors (Lipinski definition) is 2. The molecule has 1 aliphatic rings. The van der Waals surface area contributed by atoms with Crippen LogP contribution in [0.3, 0.4) is 0 Å². The van der Waals surface area contributed by atoms with Crippen LogP contribution in [0.1, 0.15) is 19.3 Å². The van der Waals surface area contributed by atoms with Crippen molar-refractivity contribution in [2.24, 2.45) is 0 Å². The Bertz CT molecular complexity index is 125. The molecule has 1 aliphatic heterocycles. The number of aldehydes is 1. The summed E-state index contributed by atoms with van der Waals surface area (Å²) in [6.45, 7) is 1.09. The van der Waals surface area contributed by atoms with Gasteiger partial charge in [0.05, 0.1) is 0 Å². The standard InChI is InChI=1S/C8H13NO/c10-7-3-5-8-4-1-2-6-9-8/h3,5,7-9H,1-2,4,6H2/b5-3-. The molecule has 10 heavy (non-hydrogen) atoms. The van der Waals surface area contributed by atoms with Gasteiger partial charge in [-0.05, 0) is 25.5 Å². The molecule has 2 heteroatoms. The number of allylic oxidation sites excluding steroid dienone is 1. The van der Waals surface area contributed by atoms with Crippen molar-refractivity contribution in [1.29, 1.82) is 0 Å². The van der Waals surface area contributed by atoms with E-state index in [0.717, 1.165) is 12.8 Å². The molecule has 0 bridgehead atoms. The van der Waals surface area contributed by atoms with Gasteiger partial charge in [-0.2, -0.15) is 0 Å². The molecule has 0 aromatic carbocycles. The molecular weight excluding hydrogens is 126 g/mol. The Morgan fingerprint density at radius 2 is 2.30 bits per heavy atom. The van der Waals surface area contributed by atoms with Gasteiger partial charge < -0.3 is 5.32 Å². The van der Waals surface area contributed by atoms with Gasteiger partial charge in [0.1, 0.15) is 6.29 Å². The number of carbonyl (C=O) groups excluding carboxylic acids is 1. The van der Waals surface area contributed by atoms with Crippen molar-refractivity contribution >= 4 is 6.29 Å². The lowest BCUT2D eigenvalue weighted by Gasteiger charge is -2.19. The molecule has 0 aromatic heterocycles. The van der Waals surface area contributed by atoms with Crippen molar-refractivity contribution in [2.45, 2.75) is 25.3 Å². The average molecular weight is 139 g/mol. The van der Waals surface area contributed by atoms with Gasteiger partial charge in [-0.25, -0.2) is 0 Å². The molecule has 0 amide bonds. The molecule has 1 rings (SSSR count). The Morgan fingerprint density at radius 3 is 2.90 bits per heavy atom. The number of hydrogen-bond donors (Lipinski definition) is 1. The molecular formula is C8H13NO. The van der Waals surface area contributed by atoms with Crippen LogP contribution in [0.2, 0.25) is 0 Å². The highest BCUT2D eigenvalue weighted by molar-refractivity contribution is 5.64. The van der Waals surface area contributed by atoms with Gasteiger partial charge in [-0.15, -0.1) is 0 Å². The monoisotopic (exact) mass is 139 g/mol. The highest BCUT2D eigenvalue weighted by Gasteiger charge is 2.07. The zero-order chi connectivity index (χ0) is 7.23. The normalized spacial score (nSPS) is 27.0. The lowest BCUT2D eigenvalue weighted by Crippen LogP contribution is -2.32. The summed E-state index contributed by atoms with van der Waals surface area (Å²) in [5.41, 5.74) is 0. The van der Waals surface area contributed by atoms with Gasteiger partial charge in [0.15, 0.2) is 0 Å². The number of rotatable bonds is 2. The van der Waals surface area contributed by atoms with E-state index in [-0.39, 0.29) is 0 Å². The van der Waals surface area contributed by atoms with Crippen LogP contribution in [0.4, 0.5) is 0 Å². The van der Waals surface area contributed by atoms with Crippen LogP contribution in [0, 0.1) is 0 Å². The van der Waals surface area contributed by atoms with Crippen molar-refractivity contribution in [3.63, 3.8) is 0 Å². The summed E-state index contributed by atoms with van der Waals surface area (Å²) in [5, 5.41) is 3.31. The summed E-state index contributed by atoms with van der Waals surface area (Å²) in [7, 11) is 0. The molecule has 1 heterocycles. The fourth-order valence-electron chi connectivity index (χ4n) is 1.22. The summed E-state index contributed by atoms with van der Waals surface area (Å²) in [6, 6.07) is 0.443. The molecule has 2 nitrogen and oxygen atoms in total. The smallest absolute Gasteiger partial charge is 0.142 e. The van der Waals surface area contributed by atoms with E-state index in [0.29, 0.717) is 6.04 Å². The predicted octanol–water partition coefficient (Wildman–Crippen LogP) is 0.884. The van der Waals surface area contributed by atoms with Crippen molar-refractivity contribution in [2.75, 3.05) is 6.54 Å². The van der Waals surface area contributed by atoms with Gasteiger partial charge in [0, 0.05) is 6.04 Å². The van der Waals surface area contributed by atoms with Crippen molar-refractivity contribution < 1.29 is 4.79 Å². The fourth-order valence-corrected chi connectivity index (χ4v) is 1.22. The van der Waals surface area contributed by atoms with E-state index in [1.54, 1.807) is 6.08 Å². The lowest BCUT2D eigenvalue weighted by molar-refractivity contribution is -0.104. The van der Waals surface area contributed by atoms with E-state index < -0.39 is 0 Å². The molecule has 1 fully saturated rings. The molecule has 0 spiro atoms. The largest absolute Gasteiger partial charge is 0.311 e. The van der Waals surface area contributed by atoms with Crippen LogP contribution < -0.4 is 5.32 Å². The van der Waals surface area contributed by atoms with E-state index in [9.17, 15) is 4.79 Å². The summed E-state index contributed by atoms with van der Waals surface area (Å²) in [4.78, 5) is 9.93.